The van der Waals surface area contributed by atoms with Crippen LogP contribution in [0.5, 0.6) is 0 Å². The number of aryl methyl sites for hydroxylation is 1. The van der Waals surface area contributed by atoms with Crippen LogP contribution in [-0.2, 0) is 20.2 Å². The van der Waals surface area contributed by atoms with Crippen molar-refractivity contribution < 1.29 is 18.0 Å². The first-order valence-electron chi connectivity index (χ1n) is 10.1. The monoisotopic (exact) mass is 445 g/mol. The Morgan fingerprint density at radius 2 is 1.58 bits per heavy atom. The smallest absolute Gasteiger partial charge is 0.269 e. The van der Waals surface area contributed by atoms with Crippen molar-refractivity contribution in [3.8, 4) is 0 Å². The van der Waals surface area contributed by atoms with Crippen molar-refractivity contribution >= 4 is 27.5 Å². The summed E-state index contributed by atoms with van der Waals surface area (Å²) >= 11 is 0. The Balaban J connectivity index is 2.12. The number of rotatable bonds is 6. The summed E-state index contributed by atoms with van der Waals surface area (Å²) in [6, 6.07) is 11.4. The molecule has 0 radical (unpaired) electrons. The van der Waals surface area contributed by atoms with Crippen LogP contribution in [0.2, 0.25) is 0 Å². The molecule has 2 aromatic rings. The van der Waals surface area contributed by atoms with Gasteiger partial charge in [0.2, 0.25) is 5.91 Å². The second-order valence-corrected chi connectivity index (χ2v) is 10.7. The molecule has 168 valence electrons. The van der Waals surface area contributed by atoms with E-state index in [1.807, 2.05) is 40.7 Å². The standard InChI is InChI=1S/C23H31N3O4S/c1-15(2)13-21(27)24-25-22(28)17-8-11-19(12-9-17)26-31(29,30)20-14-18(23(4,5)6)10-7-16(20)3/h7-12,14-15,26H,13H2,1-6H3,(H,24,27)(H,25,28). The highest BCUT2D eigenvalue weighted by atomic mass is 32.2. The lowest BCUT2D eigenvalue weighted by Crippen LogP contribution is -2.41. The van der Waals surface area contributed by atoms with Crippen LogP contribution in [0.25, 0.3) is 0 Å². The first kappa shape index (κ1) is 24.4. The lowest BCUT2D eigenvalue weighted by Gasteiger charge is -2.21. The highest BCUT2D eigenvalue weighted by Gasteiger charge is 2.21. The van der Waals surface area contributed by atoms with Crippen molar-refractivity contribution in [1.82, 2.24) is 10.9 Å². The van der Waals surface area contributed by atoms with Crippen LogP contribution in [0.3, 0.4) is 0 Å². The fourth-order valence-corrected chi connectivity index (χ4v) is 4.21. The molecule has 3 N–H and O–H groups in total. The van der Waals surface area contributed by atoms with E-state index in [1.54, 1.807) is 19.1 Å². The largest absolute Gasteiger partial charge is 0.280 e. The van der Waals surface area contributed by atoms with Crippen molar-refractivity contribution in [3.05, 3.63) is 59.2 Å². The molecule has 0 fully saturated rings. The molecular formula is C23H31N3O4S. The van der Waals surface area contributed by atoms with Crippen molar-refractivity contribution in [1.29, 1.82) is 0 Å². The first-order valence-corrected chi connectivity index (χ1v) is 11.6. The van der Waals surface area contributed by atoms with Gasteiger partial charge in [0, 0.05) is 17.7 Å². The van der Waals surface area contributed by atoms with Crippen molar-refractivity contribution in [2.24, 2.45) is 5.92 Å². The quantitative estimate of drug-likeness (QED) is 0.587. The normalized spacial score (nSPS) is 11.8. The van der Waals surface area contributed by atoms with Crippen molar-refractivity contribution in [2.45, 2.75) is 58.3 Å². The molecular weight excluding hydrogens is 414 g/mol. The Labute approximate surface area is 184 Å². The minimum atomic E-state index is -3.80. The van der Waals surface area contributed by atoms with E-state index in [4.69, 9.17) is 0 Å². The predicted octanol–water partition coefficient (Wildman–Crippen LogP) is 3.90. The summed E-state index contributed by atoms with van der Waals surface area (Å²) in [5, 5.41) is 0. The van der Waals surface area contributed by atoms with Gasteiger partial charge in [-0.3, -0.25) is 25.2 Å². The molecule has 0 aromatic heterocycles. The number of carbonyl (C=O) groups is 2. The number of hydrazine groups is 1. The molecule has 31 heavy (non-hydrogen) atoms. The van der Waals surface area contributed by atoms with Crippen molar-refractivity contribution in [3.63, 3.8) is 0 Å². The molecule has 0 saturated carbocycles. The first-order chi connectivity index (χ1) is 14.3. The Bertz CT molecular complexity index is 1050. The molecule has 0 heterocycles. The summed E-state index contributed by atoms with van der Waals surface area (Å²) in [6.45, 7) is 11.6. The molecule has 2 amide bonds. The lowest BCUT2D eigenvalue weighted by molar-refractivity contribution is -0.122. The van der Waals surface area contributed by atoms with Gasteiger partial charge < -0.3 is 0 Å². The van der Waals surface area contributed by atoms with Gasteiger partial charge in [-0.2, -0.15) is 0 Å². The predicted molar refractivity (Wildman–Crippen MR) is 122 cm³/mol. The van der Waals surface area contributed by atoms with Crippen LogP contribution in [0.1, 0.15) is 62.5 Å². The van der Waals surface area contributed by atoms with Gasteiger partial charge in [0.05, 0.1) is 4.90 Å². The maximum absolute atomic E-state index is 12.9. The van der Waals surface area contributed by atoms with Crippen LogP contribution >= 0.6 is 0 Å². The molecule has 0 atom stereocenters. The summed E-state index contributed by atoms with van der Waals surface area (Å²) in [5.74, 6) is -0.585. The van der Waals surface area contributed by atoms with E-state index in [-0.39, 0.29) is 22.1 Å². The molecule has 0 unspecified atom stereocenters. The van der Waals surface area contributed by atoms with E-state index >= 15 is 0 Å². The molecule has 8 heteroatoms. The summed E-state index contributed by atoms with van der Waals surface area (Å²) < 4.78 is 28.5. The Morgan fingerprint density at radius 3 is 2.13 bits per heavy atom. The number of benzene rings is 2. The van der Waals surface area contributed by atoms with Crippen LogP contribution in [0, 0.1) is 12.8 Å². The number of hydrogen-bond donors (Lipinski definition) is 3. The molecule has 7 nitrogen and oxygen atoms in total. The average Bonchev–Trinajstić information content (AvgIpc) is 2.65. The van der Waals surface area contributed by atoms with Gasteiger partial charge in [0.15, 0.2) is 0 Å². The average molecular weight is 446 g/mol. The summed E-state index contributed by atoms with van der Waals surface area (Å²) in [4.78, 5) is 24.0. The Morgan fingerprint density at radius 1 is 0.968 bits per heavy atom. The minimum absolute atomic E-state index is 0.178. The fraction of sp³-hybridized carbons (Fsp3) is 0.391. The van der Waals surface area contributed by atoms with E-state index in [2.05, 4.69) is 15.6 Å². The Kier molecular flexibility index (Phi) is 7.49. The summed E-state index contributed by atoms with van der Waals surface area (Å²) in [5.41, 5.74) is 6.72. The van der Waals surface area contributed by atoms with E-state index in [0.717, 1.165) is 5.56 Å². The number of hydrogen-bond acceptors (Lipinski definition) is 4. The SMILES string of the molecule is Cc1ccc(C(C)(C)C)cc1S(=O)(=O)Nc1ccc(C(=O)NNC(=O)CC(C)C)cc1. The van der Waals surface area contributed by atoms with Gasteiger partial charge in [-0.25, -0.2) is 8.42 Å². The van der Waals surface area contributed by atoms with E-state index in [0.29, 0.717) is 23.2 Å². The number of carbonyl (C=O) groups excluding carboxylic acids is 2. The fourth-order valence-electron chi connectivity index (χ4n) is 2.88. The second-order valence-electron chi connectivity index (χ2n) is 9.01. The third-order valence-corrected chi connectivity index (χ3v) is 6.18. The molecule has 0 saturated heterocycles. The maximum atomic E-state index is 12.9. The molecule has 2 aromatic carbocycles. The zero-order chi connectivity index (χ0) is 23.4. The molecule has 0 bridgehead atoms. The number of anilines is 1. The molecule has 0 aliphatic rings. The zero-order valence-electron chi connectivity index (χ0n) is 18.9. The zero-order valence-corrected chi connectivity index (χ0v) is 19.7. The van der Waals surface area contributed by atoms with Gasteiger partial charge in [0.1, 0.15) is 0 Å². The van der Waals surface area contributed by atoms with Gasteiger partial charge in [-0.1, -0.05) is 46.8 Å². The third kappa shape index (κ3) is 6.82. The topological polar surface area (TPSA) is 104 Å². The highest BCUT2D eigenvalue weighted by Crippen LogP contribution is 2.27. The Hall–Kier alpha value is -2.87. The van der Waals surface area contributed by atoms with Crippen LogP contribution in [0.4, 0.5) is 5.69 Å². The number of amides is 2. The van der Waals surface area contributed by atoms with E-state index in [9.17, 15) is 18.0 Å². The third-order valence-electron chi connectivity index (χ3n) is 4.65. The lowest BCUT2D eigenvalue weighted by atomic mass is 9.87. The second kappa shape index (κ2) is 9.51. The molecule has 0 spiro atoms. The van der Waals surface area contributed by atoms with Gasteiger partial charge in [0.25, 0.3) is 15.9 Å². The van der Waals surface area contributed by atoms with Crippen LogP contribution < -0.4 is 15.6 Å². The van der Waals surface area contributed by atoms with Gasteiger partial charge >= 0.3 is 0 Å². The highest BCUT2D eigenvalue weighted by molar-refractivity contribution is 7.92. The van der Waals surface area contributed by atoms with Gasteiger partial charge in [-0.15, -0.1) is 0 Å². The number of sulfonamides is 1. The molecule has 0 aliphatic carbocycles. The molecule has 2 rings (SSSR count). The summed E-state index contributed by atoms with van der Waals surface area (Å²) in [7, 11) is -3.80. The molecule has 0 aliphatic heterocycles. The van der Waals surface area contributed by atoms with Crippen molar-refractivity contribution in [2.75, 3.05) is 4.72 Å². The van der Waals surface area contributed by atoms with E-state index in [1.165, 1.54) is 24.3 Å². The van der Waals surface area contributed by atoms with Gasteiger partial charge in [-0.05, 0) is 59.7 Å². The van der Waals surface area contributed by atoms with Crippen LogP contribution in [-0.4, -0.2) is 20.2 Å². The summed E-state index contributed by atoms with van der Waals surface area (Å²) in [6.07, 6.45) is 0.302. The minimum Gasteiger partial charge on any atom is -0.280 e. The van der Waals surface area contributed by atoms with Crippen LogP contribution in [0.15, 0.2) is 47.4 Å². The van der Waals surface area contributed by atoms with E-state index < -0.39 is 15.9 Å². The number of nitrogens with one attached hydrogen (secondary N) is 3. The maximum Gasteiger partial charge on any atom is 0.269 e.